The summed E-state index contributed by atoms with van der Waals surface area (Å²) in [6.45, 7) is 8.44. The molecule has 1 unspecified atom stereocenters. The highest BCUT2D eigenvalue weighted by atomic mass is 32.1. The minimum absolute atomic E-state index is 0.0329. The van der Waals surface area contributed by atoms with Crippen LogP contribution in [0.5, 0.6) is 0 Å². The molecule has 0 fully saturated rings. The third-order valence-corrected chi connectivity index (χ3v) is 2.17. The van der Waals surface area contributed by atoms with E-state index in [-0.39, 0.29) is 18.2 Å². The molecule has 3 N–H and O–H groups in total. The van der Waals surface area contributed by atoms with E-state index in [4.69, 9.17) is 17.3 Å². The first-order chi connectivity index (χ1) is 6.89. The van der Waals surface area contributed by atoms with Crippen LogP contribution in [0.15, 0.2) is 0 Å². The number of hydrogen-bond donors (Lipinski definition) is 3. The Morgan fingerprint density at radius 1 is 1.40 bits per heavy atom. The highest BCUT2D eigenvalue weighted by Crippen LogP contribution is 2.01. The summed E-state index contributed by atoms with van der Waals surface area (Å²) in [5.74, 6) is 0. The van der Waals surface area contributed by atoms with Gasteiger partial charge in [0.25, 0.3) is 0 Å². The van der Waals surface area contributed by atoms with E-state index in [0.29, 0.717) is 5.11 Å². The molecule has 0 aromatic rings. The van der Waals surface area contributed by atoms with Crippen molar-refractivity contribution in [1.29, 1.82) is 0 Å². The average Bonchev–Trinajstić information content (AvgIpc) is 2.09. The predicted octanol–water partition coefficient (Wildman–Crippen LogP) is 1.80. The maximum atomic E-state index is 9.15. The fraction of sp³-hybridized carbons (Fsp3) is 0.909. The van der Waals surface area contributed by atoms with Crippen LogP contribution in [0.2, 0.25) is 0 Å². The molecule has 0 heterocycles. The Hall–Kier alpha value is -0.350. The van der Waals surface area contributed by atoms with Gasteiger partial charge in [0.05, 0.1) is 12.6 Å². The first kappa shape index (κ1) is 14.6. The maximum absolute atomic E-state index is 9.15. The van der Waals surface area contributed by atoms with Crippen molar-refractivity contribution < 1.29 is 5.11 Å². The number of aliphatic hydroxyl groups is 1. The monoisotopic (exact) mass is 232 g/mol. The van der Waals surface area contributed by atoms with Gasteiger partial charge in [-0.2, -0.15) is 0 Å². The summed E-state index contributed by atoms with van der Waals surface area (Å²) < 4.78 is 0. The molecule has 0 radical (unpaired) electrons. The van der Waals surface area contributed by atoms with E-state index in [1.165, 1.54) is 0 Å². The molecule has 0 rings (SSSR count). The van der Waals surface area contributed by atoms with Crippen LogP contribution in [0.4, 0.5) is 0 Å². The minimum atomic E-state index is -0.0329. The molecule has 4 heteroatoms. The number of unbranched alkanes of at least 4 members (excludes halogenated alkanes) is 1. The van der Waals surface area contributed by atoms with Crippen LogP contribution >= 0.6 is 12.2 Å². The predicted molar refractivity (Wildman–Crippen MR) is 69.0 cm³/mol. The lowest BCUT2D eigenvalue weighted by molar-refractivity contribution is 0.246. The lowest BCUT2D eigenvalue weighted by Crippen LogP contribution is -2.50. The van der Waals surface area contributed by atoms with Gasteiger partial charge in [0.1, 0.15) is 0 Å². The van der Waals surface area contributed by atoms with E-state index >= 15 is 0 Å². The molecular weight excluding hydrogens is 208 g/mol. The first-order valence-electron chi connectivity index (χ1n) is 5.58. The number of thiocarbonyl (C=S) groups is 1. The lowest BCUT2D eigenvalue weighted by atomic mass is 10.1. The molecule has 0 amide bonds. The summed E-state index contributed by atoms with van der Waals surface area (Å²) >= 11 is 5.16. The second-order valence-corrected chi connectivity index (χ2v) is 5.28. The number of aliphatic hydroxyl groups excluding tert-OH is 1. The van der Waals surface area contributed by atoms with Gasteiger partial charge in [0, 0.05) is 5.54 Å². The van der Waals surface area contributed by atoms with E-state index in [1.54, 1.807) is 0 Å². The van der Waals surface area contributed by atoms with Crippen LogP contribution in [0.1, 0.15) is 47.0 Å². The van der Waals surface area contributed by atoms with Gasteiger partial charge in [-0.15, -0.1) is 0 Å². The Labute approximate surface area is 98.6 Å². The van der Waals surface area contributed by atoms with E-state index < -0.39 is 0 Å². The van der Waals surface area contributed by atoms with Crippen LogP contribution in [-0.2, 0) is 0 Å². The first-order valence-corrected chi connectivity index (χ1v) is 5.99. The van der Waals surface area contributed by atoms with Crippen LogP contribution in [-0.4, -0.2) is 28.4 Å². The molecular formula is C11H24N2OS. The lowest BCUT2D eigenvalue weighted by Gasteiger charge is -2.26. The fourth-order valence-corrected chi connectivity index (χ4v) is 1.69. The van der Waals surface area contributed by atoms with Crippen LogP contribution < -0.4 is 10.6 Å². The highest BCUT2D eigenvalue weighted by molar-refractivity contribution is 7.80. The van der Waals surface area contributed by atoms with Gasteiger partial charge in [0.15, 0.2) is 5.11 Å². The summed E-state index contributed by atoms with van der Waals surface area (Å²) in [6.07, 6.45) is 3.20. The van der Waals surface area contributed by atoms with Gasteiger partial charge < -0.3 is 15.7 Å². The molecule has 1 atom stereocenters. The van der Waals surface area contributed by atoms with Crippen LogP contribution in [0.3, 0.4) is 0 Å². The normalized spacial score (nSPS) is 13.4. The number of hydrogen-bond acceptors (Lipinski definition) is 2. The maximum Gasteiger partial charge on any atom is 0.166 e. The quantitative estimate of drug-likeness (QED) is 0.633. The van der Waals surface area contributed by atoms with Crippen molar-refractivity contribution in [2.24, 2.45) is 0 Å². The van der Waals surface area contributed by atoms with Gasteiger partial charge in [-0.25, -0.2) is 0 Å². The average molecular weight is 232 g/mol. The second kappa shape index (κ2) is 7.01. The molecule has 0 aliphatic carbocycles. The summed E-state index contributed by atoms with van der Waals surface area (Å²) in [7, 11) is 0. The highest BCUT2D eigenvalue weighted by Gasteiger charge is 2.13. The molecule has 0 saturated carbocycles. The van der Waals surface area contributed by atoms with Crippen molar-refractivity contribution in [1.82, 2.24) is 10.6 Å². The zero-order valence-electron chi connectivity index (χ0n) is 10.3. The fourth-order valence-electron chi connectivity index (χ4n) is 1.22. The summed E-state index contributed by atoms with van der Waals surface area (Å²) in [5, 5.41) is 16.1. The smallest absolute Gasteiger partial charge is 0.166 e. The SMILES string of the molecule is CCCCC(CO)NC(=S)NC(C)(C)C. The third-order valence-electron chi connectivity index (χ3n) is 1.95. The largest absolute Gasteiger partial charge is 0.394 e. The van der Waals surface area contributed by atoms with E-state index in [9.17, 15) is 0 Å². The van der Waals surface area contributed by atoms with Crippen molar-refractivity contribution in [3.05, 3.63) is 0 Å². The molecule has 0 aromatic carbocycles. The molecule has 90 valence electrons. The van der Waals surface area contributed by atoms with Gasteiger partial charge >= 0.3 is 0 Å². The molecule has 3 nitrogen and oxygen atoms in total. The van der Waals surface area contributed by atoms with Gasteiger partial charge in [0.2, 0.25) is 0 Å². The van der Waals surface area contributed by atoms with Gasteiger partial charge in [-0.1, -0.05) is 19.8 Å². The van der Waals surface area contributed by atoms with E-state index in [1.807, 2.05) is 0 Å². The molecule has 0 spiro atoms. The Balaban J connectivity index is 3.91. The van der Waals surface area contributed by atoms with E-state index in [2.05, 4.69) is 38.3 Å². The number of rotatable bonds is 5. The van der Waals surface area contributed by atoms with Crippen molar-refractivity contribution in [2.75, 3.05) is 6.61 Å². The Morgan fingerprint density at radius 2 is 2.00 bits per heavy atom. The van der Waals surface area contributed by atoms with Crippen molar-refractivity contribution in [3.63, 3.8) is 0 Å². The summed E-state index contributed by atoms with van der Waals surface area (Å²) in [4.78, 5) is 0. The molecule has 0 aromatic heterocycles. The molecule has 0 bridgehead atoms. The van der Waals surface area contributed by atoms with Gasteiger partial charge in [-0.3, -0.25) is 0 Å². The molecule has 0 saturated heterocycles. The Kier molecular flexibility index (Phi) is 6.85. The zero-order valence-corrected chi connectivity index (χ0v) is 11.1. The van der Waals surface area contributed by atoms with E-state index in [0.717, 1.165) is 19.3 Å². The molecule has 0 aliphatic heterocycles. The Bertz CT molecular complexity index is 190. The van der Waals surface area contributed by atoms with Crippen molar-refractivity contribution in [3.8, 4) is 0 Å². The van der Waals surface area contributed by atoms with Crippen LogP contribution in [0.25, 0.3) is 0 Å². The minimum Gasteiger partial charge on any atom is -0.394 e. The van der Waals surface area contributed by atoms with Gasteiger partial charge in [-0.05, 0) is 39.4 Å². The van der Waals surface area contributed by atoms with Crippen molar-refractivity contribution >= 4 is 17.3 Å². The standard InChI is InChI=1S/C11H24N2OS/c1-5-6-7-9(8-14)12-10(15)13-11(2,3)4/h9,14H,5-8H2,1-4H3,(H2,12,13,15). The second-order valence-electron chi connectivity index (χ2n) is 4.87. The molecule has 15 heavy (non-hydrogen) atoms. The molecule has 0 aliphatic rings. The topological polar surface area (TPSA) is 44.3 Å². The van der Waals surface area contributed by atoms with Crippen LogP contribution in [0, 0.1) is 0 Å². The third kappa shape index (κ3) is 8.63. The summed E-state index contributed by atoms with van der Waals surface area (Å²) in [5.41, 5.74) is -0.0329. The zero-order chi connectivity index (χ0) is 11.9. The van der Waals surface area contributed by atoms with Crippen molar-refractivity contribution in [2.45, 2.75) is 58.5 Å². The summed E-state index contributed by atoms with van der Waals surface area (Å²) in [6, 6.07) is 0.0762. The number of nitrogens with one attached hydrogen (secondary N) is 2. The Morgan fingerprint density at radius 3 is 2.40 bits per heavy atom.